The van der Waals surface area contributed by atoms with Gasteiger partial charge < -0.3 is 19.5 Å². The number of hydrogen-bond donors (Lipinski definition) is 1. The minimum absolute atomic E-state index is 0.456. The van der Waals surface area contributed by atoms with Crippen molar-refractivity contribution >= 4 is 12.1 Å². The van der Waals surface area contributed by atoms with Crippen LogP contribution >= 0.6 is 0 Å². The first-order valence-corrected chi connectivity index (χ1v) is 6.01. The van der Waals surface area contributed by atoms with E-state index in [9.17, 15) is 9.59 Å². The predicted octanol–water partition coefficient (Wildman–Crippen LogP) is 1.49. The number of methoxy groups -OCH3 is 1. The van der Waals surface area contributed by atoms with E-state index in [0.717, 1.165) is 6.42 Å². The summed E-state index contributed by atoms with van der Waals surface area (Å²) in [5, 5.41) is 9.06. The summed E-state index contributed by atoms with van der Waals surface area (Å²) in [6.07, 6.45) is -0.102. The highest BCUT2D eigenvalue weighted by Crippen LogP contribution is 2.24. The van der Waals surface area contributed by atoms with Gasteiger partial charge in [0.2, 0.25) is 0 Å². The molecule has 1 amide bonds. The highest BCUT2D eigenvalue weighted by Gasteiger charge is 2.40. The third-order valence-electron chi connectivity index (χ3n) is 2.77. The van der Waals surface area contributed by atoms with E-state index in [1.807, 2.05) is 0 Å². The summed E-state index contributed by atoms with van der Waals surface area (Å²) >= 11 is 0. The number of likely N-dealkylation sites (tertiary alicyclic amines) is 1. The van der Waals surface area contributed by atoms with Crippen LogP contribution < -0.4 is 0 Å². The van der Waals surface area contributed by atoms with Crippen LogP contribution in [0.2, 0.25) is 0 Å². The number of ether oxygens (including phenoxy) is 2. The number of rotatable bonds is 3. The number of hydrogen-bond acceptors (Lipinski definition) is 4. The summed E-state index contributed by atoms with van der Waals surface area (Å²) in [6.45, 7) is 5.84. The SMILES string of the molecule is CO[C@@H](C(=O)O)[C@@H]1CCCN1C(=O)OC(C)(C)C. The van der Waals surface area contributed by atoms with Gasteiger partial charge in [0.15, 0.2) is 6.10 Å². The monoisotopic (exact) mass is 259 g/mol. The Morgan fingerprint density at radius 2 is 2.00 bits per heavy atom. The number of nitrogens with zero attached hydrogens (tertiary/aromatic N) is 1. The van der Waals surface area contributed by atoms with Crippen LogP contribution in [0.3, 0.4) is 0 Å². The summed E-state index contributed by atoms with van der Waals surface area (Å²) in [7, 11) is 1.34. The molecule has 0 aliphatic carbocycles. The quantitative estimate of drug-likeness (QED) is 0.831. The molecule has 0 radical (unpaired) electrons. The number of aliphatic carboxylic acids is 1. The second-order valence-electron chi connectivity index (χ2n) is 5.38. The fraction of sp³-hybridized carbons (Fsp3) is 0.833. The Morgan fingerprint density at radius 3 is 2.44 bits per heavy atom. The minimum atomic E-state index is -1.06. The molecule has 0 spiro atoms. The normalized spacial score (nSPS) is 21.8. The largest absolute Gasteiger partial charge is 0.479 e. The van der Waals surface area contributed by atoms with Gasteiger partial charge in [-0.1, -0.05) is 0 Å². The van der Waals surface area contributed by atoms with Gasteiger partial charge in [0, 0.05) is 13.7 Å². The van der Waals surface area contributed by atoms with Crippen molar-refractivity contribution in [3.8, 4) is 0 Å². The molecule has 1 aliphatic heterocycles. The Hall–Kier alpha value is -1.30. The molecule has 1 saturated heterocycles. The first-order valence-electron chi connectivity index (χ1n) is 6.01. The Morgan fingerprint density at radius 1 is 1.39 bits per heavy atom. The average Bonchev–Trinajstić information content (AvgIpc) is 2.64. The highest BCUT2D eigenvalue weighted by molar-refractivity contribution is 5.76. The van der Waals surface area contributed by atoms with Crippen molar-refractivity contribution < 1.29 is 24.2 Å². The van der Waals surface area contributed by atoms with Gasteiger partial charge in [-0.3, -0.25) is 0 Å². The maximum atomic E-state index is 12.0. The van der Waals surface area contributed by atoms with Gasteiger partial charge in [-0.15, -0.1) is 0 Å². The van der Waals surface area contributed by atoms with Crippen molar-refractivity contribution in [3.05, 3.63) is 0 Å². The van der Waals surface area contributed by atoms with E-state index in [2.05, 4.69) is 0 Å². The second kappa shape index (κ2) is 5.56. The minimum Gasteiger partial charge on any atom is -0.479 e. The first kappa shape index (κ1) is 14.8. The summed E-state index contributed by atoms with van der Waals surface area (Å²) in [5.74, 6) is -1.06. The van der Waals surface area contributed by atoms with E-state index in [1.165, 1.54) is 12.0 Å². The van der Waals surface area contributed by atoms with Gasteiger partial charge in [0.05, 0.1) is 6.04 Å². The van der Waals surface area contributed by atoms with Crippen LogP contribution in [0, 0.1) is 0 Å². The van der Waals surface area contributed by atoms with Crippen LogP contribution in [-0.4, -0.2) is 53.5 Å². The molecule has 6 nitrogen and oxygen atoms in total. The van der Waals surface area contributed by atoms with Crippen LogP contribution in [0.5, 0.6) is 0 Å². The molecule has 1 rings (SSSR count). The smallest absolute Gasteiger partial charge is 0.410 e. The van der Waals surface area contributed by atoms with Crippen molar-refractivity contribution in [2.45, 2.75) is 51.4 Å². The summed E-state index contributed by atoms with van der Waals surface area (Å²) in [6, 6.07) is -0.456. The third-order valence-corrected chi connectivity index (χ3v) is 2.77. The Balaban J connectivity index is 2.75. The standard InChI is InChI=1S/C12H21NO5/c1-12(2,3)18-11(16)13-7-5-6-8(13)9(17-4)10(14)15/h8-9H,5-7H2,1-4H3,(H,14,15)/t8-,9+/m0/s1. The number of carbonyl (C=O) groups is 2. The van der Waals surface area contributed by atoms with E-state index >= 15 is 0 Å². The van der Waals surface area contributed by atoms with Crippen LogP contribution in [-0.2, 0) is 14.3 Å². The number of carboxylic acid groups (broad SMARTS) is 1. The number of amides is 1. The zero-order valence-corrected chi connectivity index (χ0v) is 11.3. The lowest BCUT2D eigenvalue weighted by Gasteiger charge is -2.30. The van der Waals surface area contributed by atoms with E-state index in [1.54, 1.807) is 20.8 Å². The van der Waals surface area contributed by atoms with Gasteiger partial charge in [-0.2, -0.15) is 0 Å². The highest BCUT2D eigenvalue weighted by atomic mass is 16.6. The molecule has 0 saturated carbocycles. The molecule has 104 valence electrons. The van der Waals surface area contributed by atoms with Gasteiger partial charge in [0.25, 0.3) is 0 Å². The van der Waals surface area contributed by atoms with Crippen molar-refractivity contribution in [3.63, 3.8) is 0 Å². The molecule has 0 aromatic carbocycles. The molecular weight excluding hydrogens is 238 g/mol. The molecular formula is C12H21NO5. The topological polar surface area (TPSA) is 76.1 Å². The third kappa shape index (κ3) is 3.60. The molecule has 1 fully saturated rings. The molecule has 1 N–H and O–H groups in total. The molecule has 18 heavy (non-hydrogen) atoms. The fourth-order valence-corrected chi connectivity index (χ4v) is 2.08. The first-order chi connectivity index (χ1) is 8.26. The molecule has 0 unspecified atom stereocenters. The Kier molecular flexibility index (Phi) is 4.56. The van der Waals surface area contributed by atoms with E-state index in [-0.39, 0.29) is 0 Å². The summed E-state index contributed by atoms with van der Waals surface area (Å²) in [4.78, 5) is 24.5. The lowest BCUT2D eigenvalue weighted by atomic mass is 10.1. The average molecular weight is 259 g/mol. The number of carboxylic acids is 1. The van der Waals surface area contributed by atoms with E-state index in [4.69, 9.17) is 14.6 Å². The molecule has 0 aromatic rings. The molecule has 1 aliphatic rings. The van der Waals surface area contributed by atoms with E-state index < -0.39 is 29.8 Å². The van der Waals surface area contributed by atoms with Gasteiger partial charge in [-0.05, 0) is 33.6 Å². The van der Waals surface area contributed by atoms with Gasteiger partial charge >= 0.3 is 12.1 Å². The second-order valence-corrected chi connectivity index (χ2v) is 5.38. The predicted molar refractivity (Wildman–Crippen MR) is 64.4 cm³/mol. The zero-order chi connectivity index (χ0) is 13.9. The van der Waals surface area contributed by atoms with Gasteiger partial charge in [0.1, 0.15) is 5.60 Å². The Labute approximate surface area is 107 Å². The van der Waals surface area contributed by atoms with Crippen LogP contribution in [0.4, 0.5) is 4.79 Å². The number of carbonyl (C=O) groups excluding carboxylic acids is 1. The fourth-order valence-electron chi connectivity index (χ4n) is 2.08. The maximum absolute atomic E-state index is 12.0. The van der Waals surface area contributed by atoms with Crippen molar-refractivity contribution in [1.29, 1.82) is 0 Å². The lowest BCUT2D eigenvalue weighted by molar-refractivity contribution is -0.151. The zero-order valence-electron chi connectivity index (χ0n) is 11.3. The van der Waals surface area contributed by atoms with Crippen molar-refractivity contribution in [1.82, 2.24) is 4.90 Å². The molecule has 1 heterocycles. The van der Waals surface area contributed by atoms with Crippen molar-refractivity contribution in [2.75, 3.05) is 13.7 Å². The van der Waals surface area contributed by atoms with Crippen molar-refractivity contribution in [2.24, 2.45) is 0 Å². The molecule has 0 aromatic heterocycles. The lowest BCUT2D eigenvalue weighted by Crippen LogP contribution is -2.48. The molecule has 2 atom stereocenters. The Bertz CT molecular complexity index is 323. The van der Waals surface area contributed by atoms with Crippen LogP contribution in [0.25, 0.3) is 0 Å². The maximum Gasteiger partial charge on any atom is 0.410 e. The van der Waals surface area contributed by atoms with Crippen LogP contribution in [0.1, 0.15) is 33.6 Å². The molecule has 6 heteroatoms. The van der Waals surface area contributed by atoms with E-state index in [0.29, 0.717) is 13.0 Å². The van der Waals surface area contributed by atoms with Gasteiger partial charge in [-0.25, -0.2) is 9.59 Å². The molecule has 0 bridgehead atoms. The van der Waals surface area contributed by atoms with Crippen LogP contribution in [0.15, 0.2) is 0 Å². The summed E-state index contributed by atoms with van der Waals surface area (Å²) < 4.78 is 10.2. The summed E-state index contributed by atoms with van der Waals surface area (Å²) in [5.41, 5.74) is -0.587.